The van der Waals surface area contributed by atoms with Gasteiger partial charge in [0.2, 0.25) is 0 Å². The number of hydrogen-bond acceptors (Lipinski definition) is 5. The minimum atomic E-state index is -0.753. The molecule has 0 radical (unpaired) electrons. The van der Waals surface area contributed by atoms with Crippen molar-refractivity contribution in [1.82, 2.24) is 20.0 Å². The molecular weight excluding hydrogens is 368 g/mol. The molecule has 29 heavy (non-hydrogen) atoms. The smallest absolute Gasteiger partial charge is 0.251 e. The van der Waals surface area contributed by atoms with Crippen molar-refractivity contribution in [2.75, 3.05) is 19.7 Å². The number of carbonyl (C=O) groups excluding carboxylic acids is 1. The van der Waals surface area contributed by atoms with Gasteiger partial charge in [-0.1, -0.05) is 18.2 Å². The normalized spacial score (nSPS) is 27.1. The van der Waals surface area contributed by atoms with Crippen molar-refractivity contribution in [2.45, 2.75) is 50.0 Å². The van der Waals surface area contributed by atoms with Crippen LogP contribution in [-0.2, 0) is 18.3 Å². The molecule has 4 rings (SSSR count). The summed E-state index contributed by atoms with van der Waals surface area (Å²) >= 11 is 0. The molecule has 1 aromatic heterocycles. The van der Waals surface area contributed by atoms with Crippen LogP contribution in [0.5, 0.6) is 0 Å². The predicted octanol–water partition coefficient (Wildman–Crippen LogP) is 1.72. The second kappa shape index (κ2) is 7.89. The summed E-state index contributed by atoms with van der Waals surface area (Å²) in [5, 5.41) is 18.6. The third-order valence-corrected chi connectivity index (χ3v) is 6.41. The van der Waals surface area contributed by atoms with Gasteiger partial charge >= 0.3 is 0 Å². The average Bonchev–Trinajstić information content (AvgIpc) is 3.13. The lowest BCUT2D eigenvalue weighted by atomic mass is 9.73. The van der Waals surface area contributed by atoms with E-state index in [2.05, 4.69) is 15.3 Å². The number of rotatable bonds is 4. The summed E-state index contributed by atoms with van der Waals surface area (Å²) in [7, 11) is 1.92. The van der Waals surface area contributed by atoms with Gasteiger partial charge in [-0.15, -0.1) is 0 Å². The van der Waals surface area contributed by atoms with Crippen LogP contribution in [0.1, 0.15) is 42.1 Å². The molecule has 2 aliphatic heterocycles. The summed E-state index contributed by atoms with van der Waals surface area (Å²) in [5.41, 5.74) is 0.473. The Kier molecular flexibility index (Phi) is 5.46. The zero-order valence-corrected chi connectivity index (χ0v) is 17.2. The van der Waals surface area contributed by atoms with Crippen LogP contribution in [0.4, 0.5) is 0 Å². The largest absolute Gasteiger partial charge is 0.388 e. The molecule has 2 N–H and O–H groups in total. The topological polar surface area (TPSA) is 79.6 Å². The minimum Gasteiger partial charge on any atom is -0.388 e. The van der Waals surface area contributed by atoms with Crippen LogP contribution in [0.25, 0.3) is 0 Å². The number of nitrogens with one attached hydrogen (secondary N) is 1. The number of aliphatic hydroxyl groups excluding tert-OH is 1. The van der Waals surface area contributed by atoms with E-state index >= 15 is 0 Å². The van der Waals surface area contributed by atoms with Crippen LogP contribution in [0.3, 0.4) is 0 Å². The first-order valence-corrected chi connectivity index (χ1v) is 10.3. The van der Waals surface area contributed by atoms with Gasteiger partial charge in [-0.2, -0.15) is 5.10 Å². The zero-order chi connectivity index (χ0) is 20.5. The van der Waals surface area contributed by atoms with Crippen LogP contribution in [0.15, 0.2) is 42.7 Å². The molecule has 0 saturated carbocycles. The van der Waals surface area contributed by atoms with E-state index in [0.717, 1.165) is 32.5 Å². The van der Waals surface area contributed by atoms with Gasteiger partial charge in [0.15, 0.2) is 0 Å². The van der Waals surface area contributed by atoms with Crippen molar-refractivity contribution in [1.29, 1.82) is 0 Å². The fourth-order valence-electron chi connectivity index (χ4n) is 4.63. The van der Waals surface area contributed by atoms with E-state index < -0.39 is 17.2 Å². The second-order valence-electron chi connectivity index (χ2n) is 8.60. The Labute approximate surface area is 171 Å². The van der Waals surface area contributed by atoms with Gasteiger partial charge in [0.1, 0.15) is 6.10 Å². The molecular formula is C22H30N4O3. The molecule has 1 spiro atoms. The molecule has 7 nitrogen and oxygen atoms in total. The first-order chi connectivity index (χ1) is 13.9. The third-order valence-electron chi connectivity index (χ3n) is 6.41. The highest BCUT2D eigenvalue weighted by Crippen LogP contribution is 2.40. The molecule has 0 unspecified atom stereocenters. The highest BCUT2D eigenvalue weighted by atomic mass is 16.5. The summed E-state index contributed by atoms with van der Waals surface area (Å²) < 4.78 is 7.97. The molecule has 0 bridgehead atoms. The highest BCUT2D eigenvalue weighted by Gasteiger charge is 2.53. The van der Waals surface area contributed by atoms with E-state index in [9.17, 15) is 9.90 Å². The fraction of sp³-hybridized carbons (Fsp3) is 0.545. The van der Waals surface area contributed by atoms with Crippen molar-refractivity contribution in [2.24, 2.45) is 7.05 Å². The lowest BCUT2D eigenvalue weighted by Gasteiger charge is -2.53. The van der Waals surface area contributed by atoms with Crippen molar-refractivity contribution in [3.05, 3.63) is 53.9 Å². The van der Waals surface area contributed by atoms with Gasteiger partial charge in [0, 0.05) is 50.6 Å². The van der Waals surface area contributed by atoms with Gasteiger partial charge in [-0.05, 0) is 38.3 Å². The van der Waals surface area contributed by atoms with Gasteiger partial charge < -0.3 is 15.2 Å². The molecule has 156 valence electrons. The van der Waals surface area contributed by atoms with Gasteiger partial charge in [0.05, 0.1) is 17.3 Å². The van der Waals surface area contributed by atoms with E-state index in [1.165, 1.54) is 5.56 Å². The number of ether oxygens (including phenoxy) is 1. The minimum absolute atomic E-state index is 0.154. The molecule has 2 saturated heterocycles. The quantitative estimate of drug-likeness (QED) is 0.820. The van der Waals surface area contributed by atoms with Crippen LogP contribution < -0.4 is 5.32 Å². The van der Waals surface area contributed by atoms with Crippen molar-refractivity contribution in [3.8, 4) is 0 Å². The van der Waals surface area contributed by atoms with E-state index in [-0.39, 0.29) is 5.91 Å². The summed E-state index contributed by atoms with van der Waals surface area (Å²) in [5.74, 6) is -0.154. The van der Waals surface area contributed by atoms with E-state index in [1.54, 1.807) is 12.1 Å². The van der Waals surface area contributed by atoms with Crippen LogP contribution in [-0.4, -0.2) is 62.6 Å². The summed E-state index contributed by atoms with van der Waals surface area (Å²) in [6, 6.07) is 9.15. The Morgan fingerprint density at radius 3 is 2.66 bits per heavy atom. The lowest BCUT2D eigenvalue weighted by Crippen LogP contribution is -2.69. The van der Waals surface area contributed by atoms with Gasteiger partial charge in [0.25, 0.3) is 5.91 Å². The molecule has 7 heteroatoms. The van der Waals surface area contributed by atoms with E-state index in [1.807, 2.05) is 49.2 Å². The maximum Gasteiger partial charge on any atom is 0.251 e. The third kappa shape index (κ3) is 4.08. The molecule has 2 aliphatic rings. The maximum atomic E-state index is 12.7. The molecule has 2 aromatic rings. The average molecular weight is 399 g/mol. The first kappa shape index (κ1) is 20.1. The number of hydrogen-bond donors (Lipinski definition) is 2. The summed E-state index contributed by atoms with van der Waals surface area (Å²) in [6.45, 7) is 5.00. The monoisotopic (exact) mass is 398 g/mol. The van der Waals surface area contributed by atoms with Crippen molar-refractivity contribution in [3.63, 3.8) is 0 Å². The summed E-state index contributed by atoms with van der Waals surface area (Å²) in [4.78, 5) is 15.1. The predicted molar refractivity (Wildman–Crippen MR) is 109 cm³/mol. The maximum absolute atomic E-state index is 12.7. The standard InChI is InChI=1S/C22H30N4O3/c1-21(24-19(27)18-6-4-3-5-7-18)10-13-29-22(20(21)28)8-11-26(12-9-22)16-17-14-23-25(2)15-17/h3-7,14-15,20,28H,8-13,16H2,1-2H3,(H,24,27)/t20-,21+/m1/s1. The SMILES string of the molecule is Cn1cc(CN2CCC3(CC2)OCC[C@](C)(NC(=O)c2ccccc2)[C@H]3O)cn1. The van der Waals surface area contributed by atoms with Gasteiger partial charge in [-0.3, -0.25) is 14.4 Å². The van der Waals surface area contributed by atoms with Crippen LogP contribution in [0, 0.1) is 0 Å². The Bertz CT molecular complexity index is 845. The van der Waals surface area contributed by atoms with Crippen molar-refractivity contribution < 1.29 is 14.6 Å². The molecule has 1 aromatic carbocycles. The molecule has 2 atom stereocenters. The Balaban J connectivity index is 1.41. The molecule has 2 fully saturated rings. The Morgan fingerprint density at radius 2 is 2.00 bits per heavy atom. The van der Waals surface area contributed by atoms with Gasteiger partial charge in [-0.25, -0.2) is 0 Å². The number of aliphatic hydroxyl groups is 1. The van der Waals surface area contributed by atoms with E-state index in [4.69, 9.17) is 4.74 Å². The molecule has 3 heterocycles. The number of aryl methyl sites for hydroxylation is 1. The number of benzene rings is 1. The highest BCUT2D eigenvalue weighted by molar-refractivity contribution is 5.94. The number of carbonyl (C=O) groups is 1. The molecule has 0 aliphatic carbocycles. The number of piperidine rings is 1. The Hall–Kier alpha value is -2.22. The lowest BCUT2D eigenvalue weighted by molar-refractivity contribution is -0.205. The van der Waals surface area contributed by atoms with Crippen LogP contribution in [0.2, 0.25) is 0 Å². The summed E-state index contributed by atoms with van der Waals surface area (Å²) in [6.07, 6.45) is 5.25. The first-order valence-electron chi connectivity index (χ1n) is 10.3. The van der Waals surface area contributed by atoms with E-state index in [0.29, 0.717) is 18.6 Å². The zero-order valence-electron chi connectivity index (χ0n) is 17.2. The van der Waals surface area contributed by atoms with Crippen LogP contribution >= 0.6 is 0 Å². The Morgan fingerprint density at radius 1 is 1.28 bits per heavy atom. The number of aromatic nitrogens is 2. The fourth-order valence-corrected chi connectivity index (χ4v) is 4.63. The second-order valence-corrected chi connectivity index (χ2v) is 8.60. The number of likely N-dealkylation sites (tertiary alicyclic amines) is 1. The number of amides is 1. The number of nitrogens with zero attached hydrogens (tertiary/aromatic N) is 3. The molecule has 1 amide bonds. The van der Waals surface area contributed by atoms with Crippen molar-refractivity contribution >= 4 is 5.91 Å².